The zero-order valence-electron chi connectivity index (χ0n) is 17.8. The highest BCUT2D eigenvalue weighted by Crippen LogP contribution is 2.44. The van der Waals surface area contributed by atoms with Gasteiger partial charge in [-0.1, -0.05) is 30.5 Å². The molecular weight excluding hydrogens is 420 g/mol. The molecule has 0 aliphatic heterocycles. The highest BCUT2D eigenvalue weighted by atomic mass is 35.5. The molecule has 0 bridgehead atoms. The van der Waals surface area contributed by atoms with Crippen molar-refractivity contribution in [2.24, 2.45) is 0 Å². The van der Waals surface area contributed by atoms with Crippen LogP contribution in [0.4, 0.5) is 0 Å². The Morgan fingerprint density at radius 3 is 2.35 bits per heavy atom. The number of methoxy groups -OCH3 is 2. The summed E-state index contributed by atoms with van der Waals surface area (Å²) in [6.07, 6.45) is 3.45. The Morgan fingerprint density at radius 2 is 1.81 bits per heavy atom. The van der Waals surface area contributed by atoms with Gasteiger partial charge in [0.25, 0.3) is 0 Å². The van der Waals surface area contributed by atoms with Crippen molar-refractivity contribution in [3.8, 4) is 40.6 Å². The van der Waals surface area contributed by atoms with Crippen LogP contribution in [0.1, 0.15) is 24.5 Å². The fraction of sp³-hybridized carbons (Fsp3) is 0.292. The van der Waals surface area contributed by atoms with Gasteiger partial charge < -0.3 is 24.1 Å². The van der Waals surface area contributed by atoms with Crippen LogP contribution in [0.25, 0.3) is 0 Å². The van der Waals surface area contributed by atoms with Crippen LogP contribution in [0.5, 0.6) is 28.7 Å². The lowest BCUT2D eigenvalue weighted by Gasteiger charge is -2.18. The zero-order chi connectivity index (χ0) is 22.8. The molecule has 0 fully saturated rings. The van der Waals surface area contributed by atoms with Crippen molar-refractivity contribution in [2.45, 2.75) is 26.2 Å². The Morgan fingerprint density at radius 1 is 1.13 bits per heavy atom. The van der Waals surface area contributed by atoms with Gasteiger partial charge >= 0.3 is 5.97 Å². The van der Waals surface area contributed by atoms with Crippen molar-refractivity contribution in [3.05, 3.63) is 53.1 Å². The van der Waals surface area contributed by atoms with Crippen molar-refractivity contribution in [1.29, 1.82) is 0 Å². The van der Waals surface area contributed by atoms with Gasteiger partial charge in [0, 0.05) is 24.0 Å². The van der Waals surface area contributed by atoms with E-state index in [-0.39, 0.29) is 6.42 Å². The molecule has 0 unspecified atom stereocenters. The molecule has 31 heavy (non-hydrogen) atoms. The number of carboxylic acids is 1. The summed E-state index contributed by atoms with van der Waals surface area (Å²) in [6, 6.07) is 6.96. The number of aliphatic carboxylic acids is 1. The molecule has 2 rings (SSSR count). The Balaban J connectivity index is 2.44. The minimum Gasteiger partial charge on any atom is -0.493 e. The van der Waals surface area contributed by atoms with Crippen LogP contribution < -0.4 is 18.9 Å². The molecular formula is C24H25ClO6. The predicted molar refractivity (Wildman–Crippen MR) is 120 cm³/mol. The normalized spacial score (nSPS) is 9.94. The molecule has 0 saturated carbocycles. The van der Waals surface area contributed by atoms with Gasteiger partial charge in [-0.05, 0) is 36.6 Å². The van der Waals surface area contributed by atoms with E-state index in [9.17, 15) is 4.79 Å². The van der Waals surface area contributed by atoms with Crippen molar-refractivity contribution in [3.63, 3.8) is 0 Å². The lowest BCUT2D eigenvalue weighted by atomic mass is 10.1. The molecule has 7 heteroatoms. The summed E-state index contributed by atoms with van der Waals surface area (Å²) in [5, 5.41) is 9.06. The molecule has 0 aromatic heterocycles. The Labute approximate surface area is 187 Å². The monoisotopic (exact) mass is 444 g/mol. The van der Waals surface area contributed by atoms with Gasteiger partial charge in [0.1, 0.15) is 11.5 Å². The summed E-state index contributed by atoms with van der Waals surface area (Å²) in [6.45, 7) is 6.40. The molecule has 6 nitrogen and oxygen atoms in total. The Bertz CT molecular complexity index is 978. The molecule has 0 aliphatic carbocycles. The molecule has 1 N–H and O–H groups in total. The smallest absolute Gasteiger partial charge is 0.381 e. The number of carboxylic acid groups (broad SMARTS) is 1. The van der Waals surface area contributed by atoms with E-state index < -0.39 is 5.97 Å². The summed E-state index contributed by atoms with van der Waals surface area (Å²) in [4.78, 5) is 10.6. The average molecular weight is 445 g/mol. The van der Waals surface area contributed by atoms with E-state index in [1.165, 1.54) is 14.2 Å². The number of hydrogen-bond donors (Lipinski definition) is 1. The van der Waals surface area contributed by atoms with Crippen molar-refractivity contribution in [1.82, 2.24) is 0 Å². The summed E-state index contributed by atoms with van der Waals surface area (Å²) < 4.78 is 22.8. The topological polar surface area (TPSA) is 74.2 Å². The van der Waals surface area contributed by atoms with E-state index in [1.807, 2.05) is 6.92 Å². The predicted octanol–water partition coefficient (Wildman–Crippen LogP) is 5.30. The fourth-order valence-corrected chi connectivity index (χ4v) is 2.98. The summed E-state index contributed by atoms with van der Waals surface area (Å²) in [5.41, 5.74) is 1.61. The molecule has 2 aromatic rings. The maximum Gasteiger partial charge on any atom is 0.381 e. The minimum atomic E-state index is -1.18. The molecule has 164 valence electrons. The molecule has 0 spiro atoms. The van der Waals surface area contributed by atoms with E-state index in [4.69, 9.17) is 35.7 Å². The first kappa shape index (κ1) is 24.0. The van der Waals surface area contributed by atoms with Crippen LogP contribution in [0.2, 0.25) is 5.02 Å². The summed E-state index contributed by atoms with van der Waals surface area (Å²) in [7, 11) is 3.00. The number of halogens is 1. The molecule has 0 saturated heterocycles. The standard InChI is InChI=1S/C24H25ClO6/c1-5-8-17-14-20(18(25)15-19(17)30-11-6-2)31-24-21(28-3)12-16(13-22(24)29-4)9-7-10-23(26)27/h5,12-15H,1,6,8-9,11H2,2-4H3,(H,26,27). The number of rotatable bonds is 10. The summed E-state index contributed by atoms with van der Waals surface area (Å²) in [5.74, 6) is 5.73. The lowest BCUT2D eigenvalue weighted by Crippen LogP contribution is -2.01. The van der Waals surface area contributed by atoms with Gasteiger partial charge in [0.2, 0.25) is 5.75 Å². The van der Waals surface area contributed by atoms with Crippen molar-refractivity contribution >= 4 is 17.6 Å². The van der Waals surface area contributed by atoms with Gasteiger partial charge in [-0.25, -0.2) is 4.79 Å². The number of carbonyl (C=O) groups is 1. The van der Waals surface area contributed by atoms with Gasteiger partial charge in [-0.3, -0.25) is 0 Å². The maximum atomic E-state index is 10.6. The van der Waals surface area contributed by atoms with Crippen LogP contribution in [-0.2, 0) is 17.6 Å². The van der Waals surface area contributed by atoms with Gasteiger partial charge in [0.15, 0.2) is 11.5 Å². The minimum absolute atomic E-state index is 0.215. The van der Waals surface area contributed by atoms with Crippen molar-refractivity contribution < 1.29 is 28.8 Å². The second kappa shape index (κ2) is 11.8. The van der Waals surface area contributed by atoms with Crippen molar-refractivity contribution in [2.75, 3.05) is 20.8 Å². The SMILES string of the molecule is C=CCc1cc(Oc2c(OC)cc(CC#CC(=O)O)cc2OC)c(Cl)cc1OCCC. The summed E-state index contributed by atoms with van der Waals surface area (Å²) >= 11 is 6.46. The fourth-order valence-electron chi connectivity index (χ4n) is 2.79. The molecule has 0 amide bonds. The van der Waals surface area contributed by atoms with Crippen LogP contribution in [0.15, 0.2) is 36.9 Å². The lowest BCUT2D eigenvalue weighted by molar-refractivity contribution is -0.130. The zero-order valence-corrected chi connectivity index (χ0v) is 18.5. The Hall–Kier alpha value is -3.30. The van der Waals surface area contributed by atoms with Crippen LogP contribution in [0.3, 0.4) is 0 Å². The third kappa shape index (κ3) is 6.59. The Kier molecular flexibility index (Phi) is 9.11. The van der Waals surface area contributed by atoms with Crippen LogP contribution >= 0.6 is 11.6 Å². The third-order valence-corrected chi connectivity index (χ3v) is 4.46. The third-order valence-electron chi connectivity index (χ3n) is 4.16. The molecule has 0 atom stereocenters. The van der Waals surface area contributed by atoms with Gasteiger partial charge in [-0.15, -0.1) is 6.58 Å². The first-order chi connectivity index (χ1) is 14.9. The average Bonchev–Trinajstić information content (AvgIpc) is 2.75. The number of benzene rings is 2. The first-order valence-corrected chi connectivity index (χ1v) is 10.0. The maximum absolute atomic E-state index is 10.6. The quantitative estimate of drug-likeness (QED) is 0.396. The molecule has 0 radical (unpaired) electrons. The van der Waals surface area contributed by atoms with Gasteiger partial charge in [-0.2, -0.15) is 0 Å². The second-order valence-corrected chi connectivity index (χ2v) is 6.85. The number of hydrogen-bond acceptors (Lipinski definition) is 5. The number of ether oxygens (including phenoxy) is 4. The largest absolute Gasteiger partial charge is 0.493 e. The van der Waals surface area contributed by atoms with Crippen LogP contribution in [0, 0.1) is 11.8 Å². The van der Waals surface area contributed by atoms with E-state index in [0.717, 1.165) is 17.5 Å². The van der Waals surface area contributed by atoms with Crippen LogP contribution in [-0.4, -0.2) is 31.9 Å². The molecule has 0 heterocycles. The van der Waals surface area contributed by atoms with E-state index in [1.54, 1.807) is 30.3 Å². The second-order valence-electron chi connectivity index (χ2n) is 6.45. The molecule has 0 aliphatic rings. The van der Waals surface area contributed by atoms with E-state index in [0.29, 0.717) is 46.8 Å². The first-order valence-electron chi connectivity index (χ1n) is 9.64. The highest BCUT2D eigenvalue weighted by Gasteiger charge is 2.18. The molecule has 2 aromatic carbocycles. The van der Waals surface area contributed by atoms with E-state index in [2.05, 4.69) is 18.4 Å². The van der Waals surface area contributed by atoms with Gasteiger partial charge in [0.05, 0.1) is 25.8 Å². The highest BCUT2D eigenvalue weighted by molar-refractivity contribution is 6.32. The van der Waals surface area contributed by atoms with E-state index >= 15 is 0 Å². The number of allylic oxidation sites excluding steroid dienone is 1.